The molecular formula is C18H20N4O2S. The average molecular weight is 356 g/mol. The summed E-state index contributed by atoms with van der Waals surface area (Å²) in [5, 5.41) is 12.8. The number of thiophene rings is 1. The van der Waals surface area contributed by atoms with Crippen LogP contribution in [0.5, 0.6) is 0 Å². The lowest BCUT2D eigenvalue weighted by molar-refractivity contribution is -0.123. The number of carbonyl (C=O) groups excluding carboxylic acids is 1. The van der Waals surface area contributed by atoms with Gasteiger partial charge in [0.05, 0.1) is 17.8 Å². The maximum absolute atomic E-state index is 12.9. The largest absolute Gasteiger partial charge is 0.336 e. The van der Waals surface area contributed by atoms with Crippen molar-refractivity contribution >= 4 is 27.5 Å². The van der Waals surface area contributed by atoms with E-state index in [1.54, 1.807) is 18.3 Å². The predicted molar refractivity (Wildman–Crippen MR) is 95.4 cm³/mol. The summed E-state index contributed by atoms with van der Waals surface area (Å²) < 4.78 is 1.37. The lowest BCUT2D eigenvalue weighted by Gasteiger charge is -2.23. The van der Waals surface area contributed by atoms with E-state index in [0.717, 1.165) is 48.9 Å². The third-order valence-corrected chi connectivity index (χ3v) is 6.48. The van der Waals surface area contributed by atoms with Crippen molar-refractivity contribution in [3.8, 4) is 6.07 Å². The molecule has 130 valence electrons. The van der Waals surface area contributed by atoms with E-state index >= 15 is 0 Å². The van der Waals surface area contributed by atoms with Gasteiger partial charge in [-0.15, -0.1) is 11.3 Å². The first-order valence-corrected chi connectivity index (χ1v) is 9.55. The summed E-state index contributed by atoms with van der Waals surface area (Å²) >= 11 is 1.60. The zero-order chi connectivity index (χ0) is 17.6. The molecular weight excluding hydrogens is 336 g/mol. The number of nitriles is 1. The first-order chi connectivity index (χ1) is 12.0. The lowest BCUT2D eigenvalue weighted by Crippen LogP contribution is -2.48. The van der Waals surface area contributed by atoms with Crippen LogP contribution in [0.1, 0.15) is 43.0 Å². The van der Waals surface area contributed by atoms with E-state index in [9.17, 15) is 14.9 Å². The van der Waals surface area contributed by atoms with Gasteiger partial charge in [0, 0.05) is 4.88 Å². The van der Waals surface area contributed by atoms with Gasteiger partial charge in [0.15, 0.2) is 0 Å². The molecule has 0 aromatic carbocycles. The molecule has 2 aliphatic carbocycles. The number of aromatic nitrogens is 2. The van der Waals surface area contributed by atoms with Crippen molar-refractivity contribution in [1.29, 1.82) is 5.26 Å². The first-order valence-electron chi connectivity index (χ1n) is 8.74. The maximum Gasteiger partial charge on any atom is 0.262 e. The predicted octanol–water partition coefficient (Wildman–Crippen LogP) is 2.15. The second kappa shape index (κ2) is 5.95. The molecule has 0 radical (unpaired) electrons. The summed E-state index contributed by atoms with van der Waals surface area (Å²) in [6.07, 6.45) is 7.54. The number of nitrogens with zero attached hydrogens (tertiary/aromatic N) is 3. The number of carbonyl (C=O) groups is 1. The van der Waals surface area contributed by atoms with Gasteiger partial charge in [-0.3, -0.25) is 14.2 Å². The van der Waals surface area contributed by atoms with Gasteiger partial charge >= 0.3 is 0 Å². The van der Waals surface area contributed by atoms with E-state index in [1.807, 2.05) is 0 Å². The van der Waals surface area contributed by atoms with Gasteiger partial charge in [0.1, 0.15) is 16.9 Å². The highest BCUT2D eigenvalue weighted by Gasteiger charge is 2.43. The van der Waals surface area contributed by atoms with Gasteiger partial charge in [-0.05, 0) is 56.9 Å². The van der Waals surface area contributed by atoms with Crippen LogP contribution in [0.2, 0.25) is 0 Å². The van der Waals surface area contributed by atoms with Crippen molar-refractivity contribution in [1.82, 2.24) is 14.9 Å². The van der Waals surface area contributed by atoms with Gasteiger partial charge in [0.25, 0.3) is 5.56 Å². The third-order valence-electron chi connectivity index (χ3n) is 5.28. The molecule has 1 fully saturated rings. The number of aryl methyl sites for hydroxylation is 2. The van der Waals surface area contributed by atoms with Crippen LogP contribution in [-0.2, 0) is 24.2 Å². The SMILES string of the molecule is C[C@@](C#N)(NC(=O)Cn1cnc2sc3c(c2c1=O)CCCC3)C1CC1. The minimum Gasteiger partial charge on any atom is -0.336 e. The Bertz CT molecular complexity index is 950. The molecule has 1 amide bonds. The van der Waals surface area contributed by atoms with Crippen LogP contribution < -0.4 is 10.9 Å². The Morgan fingerprint density at radius 1 is 1.48 bits per heavy atom. The Labute approximate surface area is 149 Å². The molecule has 1 atom stereocenters. The van der Waals surface area contributed by atoms with Crippen molar-refractivity contribution in [2.24, 2.45) is 5.92 Å². The number of nitrogens with one attached hydrogen (secondary N) is 1. The molecule has 0 spiro atoms. The van der Waals surface area contributed by atoms with E-state index in [0.29, 0.717) is 5.39 Å². The van der Waals surface area contributed by atoms with Crippen LogP contribution in [-0.4, -0.2) is 21.0 Å². The molecule has 1 N–H and O–H groups in total. The molecule has 2 aromatic rings. The van der Waals surface area contributed by atoms with E-state index < -0.39 is 5.54 Å². The zero-order valence-electron chi connectivity index (χ0n) is 14.2. The van der Waals surface area contributed by atoms with Crippen molar-refractivity contribution in [2.45, 2.75) is 57.5 Å². The molecule has 2 aliphatic rings. The molecule has 7 heteroatoms. The van der Waals surface area contributed by atoms with Crippen LogP contribution in [0.15, 0.2) is 11.1 Å². The summed E-state index contributed by atoms with van der Waals surface area (Å²) in [4.78, 5) is 31.7. The molecule has 1 saturated carbocycles. The van der Waals surface area contributed by atoms with Gasteiger partial charge in [-0.1, -0.05) is 0 Å². The summed E-state index contributed by atoms with van der Waals surface area (Å²) in [6.45, 7) is 1.65. The highest BCUT2D eigenvalue weighted by molar-refractivity contribution is 7.18. The molecule has 25 heavy (non-hydrogen) atoms. The van der Waals surface area contributed by atoms with Gasteiger partial charge in [0.2, 0.25) is 5.91 Å². The molecule has 0 aliphatic heterocycles. The summed E-state index contributed by atoms with van der Waals surface area (Å²) in [5.74, 6) is -0.106. The molecule has 0 unspecified atom stereocenters. The Morgan fingerprint density at radius 2 is 2.24 bits per heavy atom. The molecule has 2 heterocycles. The summed E-state index contributed by atoms with van der Waals surface area (Å²) in [5.41, 5.74) is 0.128. The fourth-order valence-electron chi connectivity index (χ4n) is 3.66. The monoisotopic (exact) mass is 356 g/mol. The summed E-state index contributed by atoms with van der Waals surface area (Å²) in [7, 11) is 0. The van der Waals surface area contributed by atoms with Crippen LogP contribution in [0.4, 0.5) is 0 Å². The van der Waals surface area contributed by atoms with E-state index in [1.165, 1.54) is 15.8 Å². The lowest BCUT2D eigenvalue weighted by atomic mass is 9.97. The molecule has 0 bridgehead atoms. The van der Waals surface area contributed by atoms with Crippen molar-refractivity contribution in [3.05, 3.63) is 27.1 Å². The smallest absolute Gasteiger partial charge is 0.262 e. The summed E-state index contributed by atoms with van der Waals surface area (Å²) in [6, 6.07) is 2.20. The van der Waals surface area contributed by atoms with E-state index in [-0.39, 0.29) is 23.9 Å². The van der Waals surface area contributed by atoms with Crippen molar-refractivity contribution in [3.63, 3.8) is 0 Å². The van der Waals surface area contributed by atoms with Crippen LogP contribution >= 0.6 is 11.3 Å². The second-order valence-electron chi connectivity index (χ2n) is 7.21. The average Bonchev–Trinajstić information content (AvgIpc) is 3.38. The number of amides is 1. The Hall–Kier alpha value is -2.20. The van der Waals surface area contributed by atoms with E-state index in [4.69, 9.17) is 0 Å². The number of rotatable bonds is 4. The number of hydrogen-bond acceptors (Lipinski definition) is 5. The quantitative estimate of drug-likeness (QED) is 0.909. The van der Waals surface area contributed by atoms with Crippen LogP contribution in [0, 0.1) is 17.2 Å². The highest BCUT2D eigenvalue weighted by Crippen LogP contribution is 2.39. The maximum atomic E-state index is 12.9. The van der Waals surface area contributed by atoms with Crippen LogP contribution in [0.3, 0.4) is 0 Å². The number of fused-ring (bicyclic) bond motifs is 3. The first kappa shape index (κ1) is 16.3. The number of hydrogen-bond donors (Lipinski definition) is 1. The third kappa shape index (κ3) is 2.85. The normalized spacial score (nSPS) is 19.0. The standard InChI is InChI=1S/C18H20N4O2S/c1-18(9-19,11-6-7-11)21-14(23)8-22-10-20-16-15(17(22)24)12-4-2-3-5-13(12)25-16/h10-11H,2-8H2,1H3,(H,21,23)/t18-/m0/s1. The Kier molecular flexibility index (Phi) is 3.88. The molecule has 0 saturated heterocycles. The van der Waals surface area contributed by atoms with Crippen molar-refractivity contribution in [2.75, 3.05) is 0 Å². The highest BCUT2D eigenvalue weighted by atomic mass is 32.1. The Morgan fingerprint density at radius 3 is 2.96 bits per heavy atom. The molecule has 6 nitrogen and oxygen atoms in total. The van der Waals surface area contributed by atoms with E-state index in [2.05, 4.69) is 16.4 Å². The van der Waals surface area contributed by atoms with Gasteiger partial charge < -0.3 is 5.32 Å². The fraction of sp³-hybridized carbons (Fsp3) is 0.556. The van der Waals surface area contributed by atoms with Gasteiger partial charge in [-0.2, -0.15) is 5.26 Å². The van der Waals surface area contributed by atoms with Gasteiger partial charge in [-0.25, -0.2) is 4.98 Å². The zero-order valence-corrected chi connectivity index (χ0v) is 15.0. The Balaban J connectivity index is 1.61. The topological polar surface area (TPSA) is 87.8 Å². The minimum atomic E-state index is -0.847. The minimum absolute atomic E-state index is 0.101. The van der Waals surface area contributed by atoms with Crippen LogP contribution in [0.25, 0.3) is 10.2 Å². The van der Waals surface area contributed by atoms with Crippen molar-refractivity contribution < 1.29 is 4.79 Å². The molecule has 4 rings (SSSR count). The second-order valence-corrected chi connectivity index (χ2v) is 8.29. The molecule has 2 aromatic heterocycles. The fourth-order valence-corrected chi connectivity index (χ4v) is 4.88.